The van der Waals surface area contributed by atoms with Gasteiger partial charge in [0.1, 0.15) is 0 Å². The Morgan fingerprint density at radius 3 is 2.69 bits per heavy atom. The lowest BCUT2D eigenvalue weighted by Crippen LogP contribution is -2.25. The van der Waals surface area contributed by atoms with E-state index < -0.39 is 5.91 Å². The second-order valence-corrected chi connectivity index (χ2v) is 8.23. The SMILES string of the molecule is C=Cc1cnc(NC(=O)/C(=N/O[C@@H]2CCOC2)c2ccc(SC3CC3)cc2)cn1. The Labute approximate surface area is 173 Å². The molecular formula is C21H22N4O3S. The van der Waals surface area contributed by atoms with E-state index in [0.29, 0.717) is 30.3 Å². The zero-order chi connectivity index (χ0) is 20.1. The second kappa shape index (κ2) is 9.19. The minimum absolute atomic E-state index is 0.144. The number of hydrogen-bond donors (Lipinski definition) is 1. The van der Waals surface area contributed by atoms with Crippen molar-refractivity contribution in [2.24, 2.45) is 5.16 Å². The van der Waals surface area contributed by atoms with Crippen LogP contribution >= 0.6 is 11.8 Å². The van der Waals surface area contributed by atoms with Crippen molar-refractivity contribution in [2.75, 3.05) is 18.5 Å². The van der Waals surface area contributed by atoms with Crippen LogP contribution in [0.1, 0.15) is 30.5 Å². The van der Waals surface area contributed by atoms with Crippen LogP contribution in [0.2, 0.25) is 0 Å². The maximum Gasteiger partial charge on any atom is 0.279 e. The van der Waals surface area contributed by atoms with Gasteiger partial charge in [0.2, 0.25) is 0 Å². The predicted molar refractivity (Wildman–Crippen MR) is 113 cm³/mol. The molecule has 8 heteroatoms. The monoisotopic (exact) mass is 410 g/mol. The minimum atomic E-state index is -0.410. The van der Waals surface area contributed by atoms with Crippen molar-refractivity contribution in [2.45, 2.75) is 35.5 Å². The molecule has 150 valence electrons. The molecule has 7 nitrogen and oxygen atoms in total. The zero-order valence-corrected chi connectivity index (χ0v) is 16.7. The summed E-state index contributed by atoms with van der Waals surface area (Å²) in [6.45, 7) is 4.76. The van der Waals surface area contributed by atoms with E-state index >= 15 is 0 Å². The summed E-state index contributed by atoms with van der Waals surface area (Å²) in [6, 6.07) is 7.81. The molecular weight excluding hydrogens is 388 g/mol. The Hall–Kier alpha value is -2.71. The fraction of sp³-hybridized carbons (Fsp3) is 0.333. The van der Waals surface area contributed by atoms with E-state index in [1.54, 1.807) is 6.08 Å². The molecule has 1 aromatic carbocycles. The van der Waals surface area contributed by atoms with Crippen LogP contribution in [0.15, 0.2) is 53.3 Å². The van der Waals surface area contributed by atoms with E-state index in [0.717, 1.165) is 11.7 Å². The number of rotatable bonds is 8. The molecule has 29 heavy (non-hydrogen) atoms. The molecule has 0 spiro atoms. The smallest absolute Gasteiger partial charge is 0.279 e. The van der Waals surface area contributed by atoms with Crippen LogP contribution in [0.5, 0.6) is 0 Å². The number of hydrogen-bond acceptors (Lipinski definition) is 7. The van der Waals surface area contributed by atoms with Gasteiger partial charge in [-0.3, -0.25) is 9.78 Å². The summed E-state index contributed by atoms with van der Waals surface area (Å²) in [5.41, 5.74) is 1.50. The summed E-state index contributed by atoms with van der Waals surface area (Å²) >= 11 is 1.86. The van der Waals surface area contributed by atoms with Gasteiger partial charge in [-0.25, -0.2) is 4.98 Å². The number of ether oxygens (including phenoxy) is 1. The molecule has 1 aromatic heterocycles. The molecule has 1 atom stereocenters. The lowest BCUT2D eigenvalue weighted by molar-refractivity contribution is -0.110. The number of aromatic nitrogens is 2. The van der Waals surface area contributed by atoms with E-state index in [1.807, 2.05) is 36.0 Å². The molecule has 1 aliphatic carbocycles. The summed E-state index contributed by atoms with van der Waals surface area (Å²) in [6.07, 6.45) is 7.75. The summed E-state index contributed by atoms with van der Waals surface area (Å²) in [7, 11) is 0. The molecule has 2 aliphatic rings. The third-order valence-corrected chi connectivity index (χ3v) is 5.82. The Morgan fingerprint density at radius 2 is 2.07 bits per heavy atom. The minimum Gasteiger partial charge on any atom is -0.389 e. The van der Waals surface area contributed by atoms with Crippen molar-refractivity contribution < 1.29 is 14.4 Å². The average molecular weight is 410 g/mol. The first kappa shape index (κ1) is 19.6. The van der Waals surface area contributed by atoms with Crippen LogP contribution < -0.4 is 5.32 Å². The van der Waals surface area contributed by atoms with Crippen LogP contribution in [0.4, 0.5) is 5.82 Å². The Morgan fingerprint density at radius 1 is 1.24 bits per heavy atom. The van der Waals surface area contributed by atoms with Crippen molar-refractivity contribution in [3.05, 3.63) is 54.5 Å². The van der Waals surface area contributed by atoms with Crippen molar-refractivity contribution in [3.8, 4) is 0 Å². The second-order valence-electron chi connectivity index (χ2n) is 6.86. The van der Waals surface area contributed by atoms with Gasteiger partial charge in [-0.2, -0.15) is 0 Å². The topological polar surface area (TPSA) is 85.7 Å². The zero-order valence-electron chi connectivity index (χ0n) is 15.9. The maximum absolute atomic E-state index is 12.9. The Bertz CT molecular complexity index is 889. The molecule has 2 heterocycles. The van der Waals surface area contributed by atoms with Crippen molar-refractivity contribution in [3.63, 3.8) is 0 Å². The predicted octanol–water partition coefficient (Wildman–Crippen LogP) is 3.52. The molecule has 0 bridgehead atoms. The van der Waals surface area contributed by atoms with Gasteiger partial charge in [0.25, 0.3) is 5.91 Å². The van der Waals surface area contributed by atoms with Crippen LogP contribution in [-0.4, -0.2) is 46.2 Å². The number of anilines is 1. The van der Waals surface area contributed by atoms with Crippen LogP contribution in [0.3, 0.4) is 0 Å². The summed E-state index contributed by atoms with van der Waals surface area (Å²) in [5, 5.41) is 7.61. The van der Waals surface area contributed by atoms with Gasteiger partial charge in [0.15, 0.2) is 17.6 Å². The van der Waals surface area contributed by atoms with Gasteiger partial charge in [-0.1, -0.05) is 23.9 Å². The number of carbonyl (C=O) groups is 1. The standard InChI is InChI=1S/C21H22N4O3S/c1-2-15-11-23-19(12-22-15)24-21(26)20(25-28-16-9-10-27-13-16)14-3-5-17(6-4-14)29-18-7-8-18/h2-6,11-12,16,18H,1,7-10,13H2,(H,23,24,26)/b25-20+/t16-/m1/s1. The Balaban J connectivity index is 1.51. The summed E-state index contributed by atoms with van der Waals surface area (Å²) in [4.78, 5) is 28.0. The highest BCUT2D eigenvalue weighted by Crippen LogP contribution is 2.39. The largest absolute Gasteiger partial charge is 0.389 e. The third-order valence-electron chi connectivity index (χ3n) is 4.47. The molecule has 1 saturated carbocycles. The molecule has 1 saturated heterocycles. The number of oxime groups is 1. The normalized spacial score (nSPS) is 19.0. The molecule has 1 amide bonds. The molecule has 2 aromatic rings. The maximum atomic E-state index is 12.9. The first-order valence-electron chi connectivity index (χ1n) is 9.56. The van der Waals surface area contributed by atoms with Gasteiger partial charge in [-0.05, 0) is 31.1 Å². The number of benzene rings is 1. The van der Waals surface area contributed by atoms with Crippen LogP contribution in [0, 0.1) is 0 Å². The average Bonchev–Trinajstić information content (AvgIpc) is 3.40. The molecule has 0 radical (unpaired) electrons. The van der Waals surface area contributed by atoms with Crippen molar-refractivity contribution in [1.82, 2.24) is 9.97 Å². The highest BCUT2D eigenvalue weighted by Gasteiger charge is 2.23. The van der Waals surface area contributed by atoms with E-state index in [1.165, 1.54) is 30.1 Å². The lowest BCUT2D eigenvalue weighted by atomic mass is 10.1. The van der Waals surface area contributed by atoms with Gasteiger partial charge in [-0.15, -0.1) is 11.8 Å². The first-order chi connectivity index (χ1) is 14.2. The number of amides is 1. The fourth-order valence-electron chi connectivity index (χ4n) is 2.70. The van der Waals surface area contributed by atoms with Gasteiger partial charge < -0.3 is 14.9 Å². The quantitative estimate of drug-likeness (QED) is 0.529. The van der Waals surface area contributed by atoms with Gasteiger partial charge >= 0.3 is 0 Å². The van der Waals surface area contributed by atoms with E-state index in [9.17, 15) is 4.79 Å². The first-order valence-corrected chi connectivity index (χ1v) is 10.4. The van der Waals surface area contributed by atoms with Crippen molar-refractivity contribution >= 4 is 35.3 Å². The highest BCUT2D eigenvalue weighted by molar-refractivity contribution is 8.00. The van der Waals surface area contributed by atoms with E-state index in [4.69, 9.17) is 9.57 Å². The van der Waals surface area contributed by atoms with Crippen LogP contribution in [-0.2, 0) is 14.4 Å². The number of nitrogens with zero attached hydrogens (tertiary/aromatic N) is 3. The van der Waals surface area contributed by atoms with E-state index in [-0.39, 0.29) is 11.8 Å². The molecule has 0 unspecified atom stereocenters. The summed E-state index contributed by atoms with van der Waals surface area (Å²) < 4.78 is 5.31. The van der Waals surface area contributed by atoms with Crippen LogP contribution in [0.25, 0.3) is 6.08 Å². The number of thioether (sulfide) groups is 1. The molecule has 4 rings (SSSR count). The third kappa shape index (κ3) is 5.42. The van der Waals surface area contributed by atoms with E-state index in [2.05, 4.69) is 27.0 Å². The number of nitrogens with one attached hydrogen (secondary N) is 1. The van der Waals surface area contributed by atoms with Gasteiger partial charge in [0, 0.05) is 22.1 Å². The molecule has 2 fully saturated rings. The molecule has 1 aliphatic heterocycles. The Kier molecular flexibility index (Phi) is 6.21. The van der Waals surface area contributed by atoms with Crippen molar-refractivity contribution in [1.29, 1.82) is 0 Å². The van der Waals surface area contributed by atoms with Gasteiger partial charge in [0.05, 0.1) is 31.3 Å². The molecule has 1 N–H and O–H groups in total. The number of carbonyl (C=O) groups excluding carboxylic acids is 1. The fourth-order valence-corrected chi connectivity index (χ4v) is 3.75. The highest BCUT2D eigenvalue weighted by atomic mass is 32.2. The summed E-state index contributed by atoms with van der Waals surface area (Å²) in [5.74, 6) is -0.0782. The lowest BCUT2D eigenvalue weighted by Gasteiger charge is -2.11.